The number of benzene rings is 1. The van der Waals surface area contributed by atoms with E-state index in [2.05, 4.69) is 37.2 Å². The molecule has 1 amide bonds. The summed E-state index contributed by atoms with van der Waals surface area (Å²) in [6.07, 6.45) is 2.01. The van der Waals surface area contributed by atoms with Crippen molar-refractivity contribution in [1.82, 2.24) is 0 Å². The van der Waals surface area contributed by atoms with Crippen molar-refractivity contribution in [3.8, 4) is 0 Å². The van der Waals surface area contributed by atoms with Crippen LogP contribution < -0.4 is 5.32 Å². The summed E-state index contributed by atoms with van der Waals surface area (Å²) in [6.45, 7) is 0. The number of amides is 1. The molecule has 0 spiro atoms. The van der Waals surface area contributed by atoms with E-state index in [9.17, 15) is 4.79 Å². The van der Waals surface area contributed by atoms with Crippen molar-refractivity contribution in [3.05, 3.63) is 50.8 Å². The Kier molecular flexibility index (Phi) is 3.45. The monoisotopic (exact) mass is 403 g/mol. The van der Waals surface area contributed by atoms with Gasteiger partial charge in [0.2, 0.25) is 5.91 Å². The maximum atomic E-state index is 11.4. The molecule has 2 heterocycles. The number of alkyl halides is 1. The van der Waals surface area contributed by atoms with Crippen LogP contribution in [0.1, 0.15) is 21.5 Å². The first kappa shape index (κ1) is 13.2. The predicted molar refractivity (Wildman–Crippen MR) is 81.0 cm³/mol. The molecule has 3 rings (SSSR count). The van der Waals surface area contributed by atoms with Crippen LogP contribution in [0.25, 0.3) is 0 Å². The molecule has 0 saturated carbocycles. The first-order valence-electron chi connectivity index (χ1n) is 5.55. The predicted octanol–water partition coefficient (Wildman–Crippen LogP) is 4.67. The Balaban J connectivity index is 2.05. The van der Waals surface area contributed by atoms with Crippen molar-refractivity contribution >= 4 is 55.1 Å². The van der Waals surface area contributed by atoms with Crippen molar-refractivity contribution in [2.45, 2.75) is 11.2 Å². The smallest absolute Gasteiger partial charge is 0.228 e. The van der Waals surface area contributed by atoms with Crippen molar-refractivity contribution in [2.24, 2.45) is 0 Å². The highest BCUT2D eigenvalue weighted by molar-refractivity contribution is 9.10. The molecule has 1 atom stereocenters. The second kappa shape index (κ2) is 4.96. The molecular weight excluding hydrogens is 397 g/mol. The van der Waals surface area contributed by atoms with Crippen LogP contribution in [-0.4, -0.2) is 5.91 Å². The Bertz CT molecular complexity index is 669. The molecule has 0 bridgehead atoms. The van der Waals surface area contributed by atoms with Gasteiger partial charge >= 0.3 is 0 Å². The lowest BCUT2D eigenvalue weighted by molar-refractivity contribution is -0.115. The molecule has 2 aromatic rings. The van der Waals surface area contributed by atoms with Crippen molar-refractivity contribution < 1.29 is 9.21 Å². The number of carbonyl (C=O) groups is 1. The number of fused-ring (bicyclic) bond motifs is 1. The maximum absolute atomic E-state index is 11.4. The zero-order valence-corrected chi connectivity index (χ0v) is 13.5. The van der Waals surface area contributed by atoms with E-state index in [0.29, 0.717) is 16.1 Å². The van der Waals surface area contributed by atoms with Gasteiger partial charge in [-0.1, -0.05) is 33.6 Å². The van der Waals surface area contributed by atoms with Gasteiger partial charge in [-0.3, -0.25) is 4.79 Å². The third-order valence-corrected chi connectivity index (χ3v) is 5.00. The Hall–Kier alpha value is -0.780. The van der Waals surface area contributed by atoms with Crippen molar-refractivity contribution in [3.63, 3.8) is 0 Å². The summed E-state index contributed by atoms with van der Waals surface area (Å²) in [5, 5.41) is 3.39. The molecule has 1 aliphatic rings. The minimum absolute atomic E-state index is 0.00108. The summed E-state index contributed by atoms with van der Waals surface area (Å²) in [6, 6.07) is 5.62. The average Bonchev–Trinajstić information content (AvgIpc) is 2.92. The highest BCUT2D eigenvalue weighted by atomic mass is 79.9. The van der Waals surface area contributed by atoms with Gasteiger partial charge in [-0.2, -0.15) is 0 Å². The first-order chi connectivity index (χ1) is 9.06. The third-order valence-electron chi connectivity index (χ3n) is 3.04. The number of furan rings is 1. The topological polar surface area (TPSA) is 42.2 Å². The van der Waals surface area contributed by atoms with Crippen LogP contribution in [0.2, 0.25) is 5.02 Å². The second-order valence-electron chi connectivity index (χ2n) is 4.27. The molecule has 6 heteroatoms. The van der Waals surface area contributed by atoms with Crippen LogP contribution >= 0.6 is 43.5 Å². The Morgan fingerprint density at radius 3 is 2.84 bits per heavy atom. The second-order valence-corrected chi connectivity index (χ2v) is 6.31. The highest BCUT2D eigenvalue weighted by Gasteiger charge is 2.24. The molecule has 3 nitrogen and oxygen atoms in total. The summed E-state index contributed by atoms with van der Waals surface area (Å²) in [7, 11) is 0. The number of hydrogen-bond donors (Lipinski definition) is 1. The Morgan fingerprint density at radius 2 is 2.16 bits per heavy atom. The summed E-state index contributed by atoms with van der Waals surface area (Å²) < 4.78 is 5.90. The van der Waals surface area contributed by atoms with Crippen LogP contribution in [0.5, 0.6) is 0 Å². The quantitative estimate of drug-likeness (QED) is 0.738. The molecule has 19 heavy (non-hydrogen) atoms. The van der Waals surface area contributed by atoms with Gasteiger partial charge in [-0.05, 0) is 39.2 Å². The summed E-state index contributed by atoms with van der Waals surface area (Å²) in [4.78, 5) is 11.3. The van der Waals surface area contributed by atoms with Gasteiger partial charge < -0.3 is 9.73 Å². The number of hydrogen-bond acceptors (Lipinski definition) is 2. The van der Waals surface area contributed by atoms with E-state index in [1.807, 2.05) is 12.1 Å². The minimum atomic E-state index is -0.0888. The van der Waals surface area contributed by atoms with Crippen LogP contribution in [0.4, 0.5) is 5.69 Å². The minimum Gasteiger partial charge on any atom is -0.457 e. The molecular formula is C13H8Br2ClNO2. The average molecular weight is 405 g/mol. The van der Waals surface area contributed by atoms with Crippen molar-refractivity contribution in [2.75, 3.05) is 5.32 Å². The maximum Gasteiger partial charge on any atom is 0.228 e. The third kappa shape index (κ3) is 2.35. The summed E-state index contributed by atoms with van der Waals surface area (Å²) in [5.41, 5.74) is 3.64. The molecule has 0 aliphatic carbocycles. The standard InChI is InChI=1S/C13H8Br2ClNO2/c14-12(7-1-2-19-13(7)15)8-3-6-4-11(18)17-10(6)5-9(8)16/h1-3,5,12H,4H2,(H,17,18). The van der Waals surface area contributed by atoms with Crippen molar-refractivity contribution in [1.29, 1.82) is 0 Å². The number of carbonyl (C=O) groups excluding carboxylic acids is 1. The first-order valence-corrected chi connectivity index (χ1v) is 7.64. The molecule has 1 unspecified atom stereocenters. The summed E-state index contributed by atoms with van der Waals surface area (Å²) >= 11 is 13.3. The van der Waals surface area contributed by atoms with E-state index in [4.69, 9.17) is 16.0 Å². The van der Waals surface area contributed by atoms with E-state index in [0.717, 1.165) is 22.4 Å². The summed E-state index contributed by atoms with van der Waals surface area (Å²) in [5.74, 6) is -0.00108. The molecule has 98 valence electrons. The zero-order valence-electron chi connectivity index (χ0n) is 9.54. The lowest BCUT2D eigenvalue weighted by Gasteiger charge is -2.13. The molecule has 1 N–H and O–H groups in total. The largest absolute Gasteiger partial charge is 0.457 e. The van der Waals surface area contributed by atoms with E-state index < -0.39 is 0 Å². The van der Waals surface area contributed by atoms with Gasteiger partial charge in [-0.25, -0.2) is 0 Å². The van der Waals surface area contributed by atoms with Crippen LogP contribution in [0, 0.1) is 0 Å². The van der Waals surface area contributed by atoms with E-state index in [-0.39, 0.29) is 10.7 Å². The van der Waals surface area contributed by atoms with E-state index >= 15 is 0 Å². The fourth-order valence-electron chi connectivity index (χ4n) is 2.11. The molecule has 1 aromatic heterocycles. The lowest BCUT2D eigenvalue weighted by atomic mass is 10.0. The van der Waals surface area contributed by atoms with Crippen LogP contribution in [-0.2, 0) is 11.2 Å². The van der Waals surface area contributed by atoms with Gasteiger partial charge in [0.15, 0.2) is 4.67 Å². The Labute approximate surface area is 131 Å². The van der Waals surface area contributed by atoms with Gasteiger partial charge in [0.1, 0.15) is 0 Å². The number of rotatable bonds is 2. The number of anilines is 1. The zero-order chi connectivity index (χ0) is 13.6. The molecule has 0 radical (unpaired) electrons. The lowest BCUT2D eigenvalue weighted by Crippen LogP contribution is -2.03. The van der Waals surface area contributed by atoms with Gasteiger partial charge in [0, 0.05) is 16.3 Å². The molecule has 0 saturated heterocycles. The highest BCUT2D eigenvalue weighted by Crippen LogP contribution is 2.41. The van der Waals surface area contributed by atoms with Gasteiger partial charge in [-0.15, -0.1) is 0 Å². The van der Waals surface area contributed by atoms with Crippen LogP contribution in [0.3, 0.4) is 0 Å². The molecule has 0 fully saturated rings. The van der Waals surface area contributed by atoms with Crippen LogP contribution in [0.15, 0.2) is 33.5 Å². The van der Waals surface area contributed by atoms with Gasteiger partial charge in [0.05, 0.1) is 17.5 Å². The number of halogens is 3. The van der Waals surface area contributed by atoms with Gasteiger partial charge in [0.25, 0.3) is 0 Å². The fourth-order valence-corrected chi connectivity index (χ4v) is 4.03. The SMILES string of the molecule is O=C1Cc2cc(C(Br)c3ccoc3Br)c(Cl)cc2N1. The molecule has 1 aromatic carbocycles. The van der Waals surface area contributed by atoms with E-state index in [1.165, 1.54) is 0 Å². The fraction of sp³-hybridized carbons (Fsp3) is 0.154. The number of nitrogens with one attached hydrogen (secondary N) is 1. The Morgan fingerprint density at radius 1 is 1.37 bits per heavy atom. The normalized spacial score (nSPS) is 15.2. The molecule has 1 aliphatic heterocycles. The van der Waals surface area contributed by atoms with E-state index in [1.54, 1.807) is 12.3 Å².